The quantitative estimate of drug-likeness (QED) is 0.176. The van der Waals surface area contributed by atoms with E-state index in [-0.39, 0.29) is 0 Å². The third kappa shape index (κ3) is 5.11. The highest BCUT2D eigenvalue weighted by Crippen LogP contribution is 2.48. The molecule has 0 atom stereocenters. The van der Waals surface area contributed by atoms with E-state index in [1.807, 2.05) is 29.7 Å². The van der Waals surface area contributed by atoms with Crippen LogP contribution in [0.25, 0.3) is 114 Å². The zero-order valence-electron chi connectivity index (χ0n) is 31.2. The topological polar surface area (TPSA) is 43.6 Å². The van der Waals surface area contributed by atoms with Crippen LogP contribution in [0.3, 0.4) is 0 Å². The van der Waals surface area contributed by atoms with Crippen molar-refractivity contribution < 1.29 is 0 Å². The fourth-order valence-electron chi connectivity index (χ4n) is 8.84. The average Bonchev–Trinajstić information content (AvgIpc) is 3.86. The highest BCUT2D eigenvalue weighted by molar-refractivity contribution is 7.27. The molecule has 5 heteroatoms. The van der Waals surface area contributed by atoms with E-state index in [0.29, 0.717) is 5.82 Å². The Balaban J connectivity index is 1.11. The van der Waals surface area contributed by atoms with Crippen molar-refractivity contribution in [2.75, 3.05) is 0 Å². The number of fused-ring (bicyclic) bond motifs is 11. The van der Waals surface area contributed by atoms with Gasteiger partial charge in [-0.05, 0) is 87.6 Å². The van der Waals surface area contributed by atoms with E-state index in [0.717, 1.165) is 55.8 Å². The van der Waals surface area contributed by atoms with Gasteiger partial charge in [0.25, 0.3) is 0 Å². The first-order valence-electron chi connectivity index (χ1n) is 19.5. The minimum atomic E-state index is 0.655. The molecule has 4 heterocycles. The van der Waals surface area contributed by atoms with Crippen LogP contribution in [-0.2, 0) is 0 Å². The third-order valence-corrected chi connectivity index (χ3v) is 12.6. The summed E-state index contributed by atoms with van der Waals surface area (Å²) in [5.74, 6) is 0.655. The van der Waals surface area contributed by atoms with E-state index in [4.69, 9.17) is 15.0 Å². The van der Waals surface area contributed by atoms with Crippen LogP contribution < -0.4 is 0 Å². The van der Waals surface area contributed by atoms with Gasteiger partial charge in [0.05, 0.1) is 21.3 Å². The van der Waals surface area contributed by atoms with Gasteiger partial charge in [-0.2, -0.15) is 0 Å². The molecule has 58 heavy (non-hydrogen) atoms. The largest absolute Gasteiger partial charge is 0.308 e. The Morgan fingerprint density at radius 3 is 1.81 bits per heavy atom. The number of aromatic nitrogens is 4. The Morgan fingerprint density at radius 2 is 1.05 bits per heavy atom. The molecule has 12 aromatic rings. The second kappa shape index (κ2) is 13.1. The smallest absolute Gasteiger partial charge is 0.160 e. The summed E-state index contributed by atoms with van der Waals surface area (Å²) in [5, 5.41) is 7.67. The lowest BCUT2D eigenvalue weighted by Gasteiger charge is -2.14. The molecule has 0 aliphatic heterocycles. The van der Waals surface area contributed by atoms with Crippen LogP contribution in [-0.4, -0.2) is 19.5 Å². The molecule has 270 valence electrons. The molecule has 0 saturated heterocycles. The van der Waals surface area contributed by atoms with Gasteiger partial charge in [0.2, 0.25) is 0 Å². The van der Waals surface area contributed by atoms with E-state index in [2.05, 4.69) is 180 Å². The minimum Gasteiger partial charge on any atom is -0.308 e. The number of pyridine rings is 1. The molecule has 0 spiro atoms. The van der Waals surface area contributed by atoms with Crippen molar-refractivity contribution in [2.24, 2.45) is 0 Å². The van der Waals surface area contributed by atoms with Crippen molar-refractivity contribution in [1.82, 2.24) is 19.5 Å². The molecule has 4 nitrogen and oxygen atoms in total. The minimum absolute atomic E-state index is 0.655. The highest BCUT2D eigenvalue weighted by atomic mass is 32.1. The van der Waals surface area contributed by atoms with Crippen molar-refractivity contribution in [3.05, 3.63) is 194 Å². The van der Waals surface area contributed by atoms with Gasteiger partial charge in [-0.1, -0.05) is 133 Å². The maximum Gasteiger partial charge on any atom is 0.160 e. The number of hydrogen-bond acceptors (Lipinski definition) is 4. The highest BCUT2D eigenvalue weighted by Gasteiger charge is 2.22. The average molecular weight is 757 g/mol. The van der Waals surface area contributed by atoms with Crippen molar-refractivity contribution in [3.63, 3.8) is 0 Å². The van der Waals surface area contributed by atoms with Crippen molar-refractivity contribution in [1.29, 1.82) is 0 Å². The van der Waals surface area contributed by atoms with Gasteiger partial charge >= 0.3 is 0 Å². The van der Waals surface area contributed by atoms with Crippen LogP contribution in [0, 0.1) is 0 Å². The van der Waals surface area contributed by atoms with E-state index < -0.39 is 0 Å². The maximum atomic E-state index is 5.40. The number of nitrogens with zero attached hydrogens (tertiary/aromatic N) is 4. The first-order chi connectivity index (χ1) is 28.8. The summed E-state index contributed by atoms with van der Waals surface area (Å²) in [7, 11) is 0. The molecular weight excluding hydrogens is 725 g/mol. The zero-order valence-corrected chi connectivity index (χ0v) is 32.0. The summed E-state index contributed by atoms with van der Waals surface area (Å²) >= 11 is 1.88. The Labute approximate surface area is 338 Å². The van der Waals surface area contributed by atoms with Gasteiger partial charge in [-0.3, -0.25) is 4.98 Å². The third-order valence-electron chi connectivity index (χ3n) is 11.4. The second-order valence-corrected chi connectivity index (χ2v) is 15.8. The summed E-state index contributed by atoms with van der Waals surface area (Å²) in [6, 6.07) is 67.0. The first kappa shape index (κ1) is 32.7. The summed E-state index contributed by atoms with van der Waals surface area (Å²) in [6.07, 6.45) is 1.83. The molecular formula is C53H32N4S. The Morgan fingerprint density at radius 1 is 0.431 bits per heavy atom. The first-order valence-corrected chi connectivity index (χ1v) is 20.3. The monoisotopic (exact) mass is 756 g/mol. The van der Waals surface area contributed by atoms with E-state index in [1.165, 1.54) is 52.8 Å². The molecule has 12 rings (SSSR count). The Bertz CT molecular complexity index is 3510. The van der Waals surface area contributed by atoms with E-state index in [9.17, 15) is 0 Å². The number of benzene rings is 8. The lowest BCUT2D eigenvalue weighted by Crippen LogP contribution is -1.99. The SMILES string of the molecule is c1ccc(-c2cc(-c3ccccc3)cc(-c3nc(-c4cccc(-n5c6ccccc6c6c7ccccc7c7c8ccccc8sc7c65)c4)nc4cccnc34)c2)cc1. The summed E-state index contributed by atoms with van der Waals surface area (Å²) < 4.78 is 5.04. The second-order valence-electron chi connectivity index (χ2n) is 14.8. The molecule has 0 N–H and O–H groups in total. The fourth-order valence-corrected chi connectivity index (χ4v) is 10.1. The maximum absolute atomic E-state index is 5.40. The van der Waals surface area contributed by atoms with Crippen LogP contribution in [0.5, 0.6) is 0 Å². The van der Waals surface area contributed by atoms with Gasteiger partial charge < -0.3 is 4.57 Å². The normalized spacial score (nSPS) is 11.8. The predicted octanol–water partition coefficient (Wildman–Crippen LogP) is 14.3. The molecule has 0 aliphatic carbocycles. The number of hydrogen-bond donors (Lipinski definition) is 0. The van der Waals surface area contributed by atoms with Crippen LogP contribution in [0.1, 0.15) is 0 Å². The number of thiophene rings is 1. The number of para-hydroxylation sites is 1. The molecule has 0 radical (unpaired) electrons. The molecule has 0 aliphatic rings. The van der Waals surface area contributed by atoms with E-state index >= 15 is 0 Å². The van der Waals surface area contributed by atoms with Crippen LogP contribution in [0.15, 0.2) is 194 Å². The van der Waals surface area contributed by atoms with Gasteiger partial charge in [-0.15, -0.1) is 11.3 Å². The standard InChI is InChI=1S/C53H32N4S/c1-3-15-33(16-4-1)36-29-37(34-17-5-2-6-18-34)31-38(30-36)49-50-44(25-14-28-54-50)55-53(56-49)35-19-13-20-39(32-35)57-45-26-11-9-23-42(45)47-40-21-7-8-22-41(40)48-43-24-10-12-27-46(43)58-52(48)51(47)57/h1-32H. The molecule has 8 aromatic carbocycles. The number of rotatable bonds is 5. The van der Waals surface area contributed by atoms with E-state index in [1.54, 1.807) is 0 Å². The molecule has 0 unspecified atom stereocenters. The summed E-state index contributed by atoms with van der Waals surface area (Å²) in [5.41, 5.74) is 12.3. The summed E-state index contributed by atoms with van der Waals surface area (Å²) in [4.78, 5) is 15.4. The van der Waals surface area contributed by atoms with Gasteiger partial charge in [0.1, 0.15) is 11.2 Å². The van der Waals surface area contributed by atoms with Crippen molar-refractivity contribution in [2.45, 2.75) is 0 Å². The van der Waals surface area contributed by atoms with Gasteiger partial charge in [-0.25, -0.2) is 9.97 Å². The molecule has 0 bridgehead atoms. The lowest BCUT2D eigenvalue weighted by atomic mass is 9.94. The van der Waals surface area contributed by atoms with Crippen LogP contribution in [0.4, 0.5) is 0 Å². The Hall–Kier alpha value is -7.47. The molecule has 0 amide bonds. The predicted molar refractivity (Wildman–Crippen MR) is 244 cm³/mol. The Kier molecular flexibility index (Phi) is 7.37. The fraction of sp³-hybridized carbons (Fsp3) is 0. The molecule has 0 fully saturated rings. The zero-order chi connectivity index (χ0) is 38.2. The lowest BCUT2D eigenvalue weighted by molar-refractivity contribution is 1.17. The van der Waals surface area contributed by atoms with Gasteiger partial charge in [0, 0.05) is 49.3 Å². The molecule has 4 aromatic heterocycles. The van der Waals surface area contributed by atoms with Gasteiger partial charge in [0.15, 0.2) is 5.82 Å². The van der Waals surface area contributed by atoms with Crippen LogP contribution >= 0.6 is 11.3 Å². The van der Waals surface area contributed by atoms with Crippen LogP contribution in [0.2, 0.25) is 0 Å². The summed E-state index contributed by atoms with van der Waals surface area (Å²) in [6.45, 7) is 0. The van der Waals surface area contributed by atoms with Crippen molar-refractivity contribution >= 4 is 75.1 Å². The van der Waals surface area contributed by atoms with Crippen molar-refractivity contribution in [3.8, 4) is 50.6 Å². The molecule has 0 saturated carbocycles.